The summed E-state index contributed by atoms with van der Waals surface area (Å²) < 4.78 is 6.54. The molecule has 1 amide bonds. The van der Waals surface area contributed by atoms with Crippen molar-refractivity contribution < 1.29 is 9.53 Å². The van der Waals surface area contributed by atoms with E-state index in [0.29, 0.717) is 22.9 Å². The first kappa shape index (κ1) is 20.9. The van der Waals surface area contributed by atoms with Gasteiger partial charge in [0.25, 0.3) is 5.91 Å². The van der Waals surface area contributed by atoms with Crippen LogP contribution in [0.2, 0.25) is 0 Å². The highest BCUT2D eigenvalue weighted by atomic mass is 32.1. The number of aryl methyl sites for hydroxylation is 2. The Hall–Kier alpha value is -2.94. The smallest absolute Gasteiger partial charge is 0.280 e. The zero-order valence-corrected chi connectivity index (χ0v) is 19.1. The van der Waals surface area contributed by atoms with Crippen molar-refractivity contribution in [2.45, 2.75) is 13.8 Å². The van der Waals surface area contributed by atoms with Gasteiger partial charge in [-0.15, -0.1) is 0 Å². The predicted molar refractivity (Wildman–Crippen MR) is 128 cm³/mol. The lowest BCUT2D eigenvalue weighted by atomic mass is 10.1. The Bertz CT molecular complexity index is 1240. The molecule has 2 aromatic carbocycles. The van der Waals surface area contributed by atoms with E-state index in [1.165, 1.54) is 11.1 Å². The number of thiazole rings is 1. The van der Waals surface area contributed by atoms with Crippen LogP contribution in [0.1, 0.15) is 21.6 Å². The third-order valence-electron chi connectivity index (χ3n) is 5.88. The van der Waals surface area contributed by atoms with Gasteiger partial charge in [0.05, 0.1) is 40.7 Å². The maximum absolute atomic E-state index is 13.6. The molecular formula is C24H25N5O2S. The monoisotopic (exact) mass is 447 g/mol. The molecule has 0 aliphatic carbocycles. The largest absolute Gasteiger partial charge is 0.379 e. The van der Waals surface area contributed by atoms with Crippen LogP contribution in [-0.4, -0.2) is 65.2 Å². The lowest BCUT2D eigenvalue weighted by Gasteiger charge is -2.29. The summed E-state index contributed by atoms with van der Waals surface area (Å²) in [6.07, 6.45) is 1.56. The minimum absolute atomic E-state index is 0.177. The molecule has 1 fully saturated rings. The van der Waals surface area contributed by atoms with Gasteiger partial charge in [-0.3, -0.25) is 19.6 Å². The van der Waals surface area contributed by atoms with Crippen LogP contribution in [0, 0.1) is 13.8 Å². The van der Waals surface area contributed by atoms with E-state index in [-0.39, 0.29) is 5.91 Å². The molecular weight excluding hydrogens is 422 g/mol. The van der Waals surface area contributed by atoms with Gasteiger partial charge in [0, 0.05) is 26.2 Å². The Labute approximate surface area is 190 Å². The third-order valence-corrected chi connectivity index (χ3v) is 6.92. The predicted octanol–water partition coefficient (Wildman–Crippen LogP) is 3.84. The highest BCUT2D eigenvalue weighted by Crippen LogP contribution is 2.31. The number of anilines is 1. The van der Waals surface area contributed by atoms with Crippen molar-refractivity contribution >= 4 is 43.6 Å². The van der Waals surface area contributed by atoms with Gasteiger partial charge < -0.3 is 4.74 Å². The molecule has 32 heavy (non-hydrogen) atoms. The number of carbonyl (C=O) groups excluding carboxylic acids is 1. The van der Waals surface area contributed by atoms with E-state index in [9.17, 15) is 4.79 Å². The van der Waals surface area contributed by atoms with Crippen molar-refractivity contribution in [1.29, 1.82) is 0 Å². The second-order valence-corrected chi connectivity index (χ2v) is 9.06. The van der Waals surface area contributed by atoms with Crippen LogP contribution < -0.4 is 4.90 Å². The molecule has 0 bridgehead atoms. The number of hydrogen-bond acceptors (Lipinski definition) is 7. The number of fused-ring (bicyclic) bond motifs is 2. The normalized spacial score (nSPS) is 14.8. The van der Waals surface area contributed by atoms with E-state index >= 15 is 0 Å². The quantitative estimate of drug-likeness (QED) is 0.463. The second kappa shape index (κ2) is 8.90. The fourth-order valence-electron chi connectivity index (χ4n) is 3.83. The van der Waals surface area contributed by atoms with E-state index in [2.05, 4.69) is 40.8 Å². The van der Waals surface area contributed by atoms with Gasteiger partial charge in [-0.1, -0.05) is 23.5 Å². The molecule has 0 atom stereocenters. The molecule has 1 aliphatic heterocycles. The maximum atomic E-state index is 13.6. The molecule has 3 heterocycles. The van der Waals surface area contributed by atoms with E-state index in [1.54, 1.807) is 22.4 Å². The SMILES string of the molecule is Cc1cc2nc(N(CCN3CCOCC3)C(=O)c3cnc4ccccc4n3)sc2cc1C. The Morgan fingerprint density at radius 2 is 1.81 bits per heavy atom. The van der Waals surface area contributed by atoms with Crippen molar-refractivity contribution in [1.82, 2.24) is 19.9 Å². The van der Waals surface area contributed by atoms with Gasteiger partial charge in [-0.25, -0.2) is 9.97 Å². The summed E-state index contributed by atoms with van der Waals surface area (Å²) in [5, 5.41) is 0.693. The van der Waals surface area contributed by atoms with Crippen LogP contribution in [0.5, 0.6) is 0 Å². The molecule has 0 unspecified atom stereocenters. The van der Waals surface area contributed by atoms with E-state index in [1.807, 2.05) is 24.3 Å². The number of hydrogen-bond donors (Lipinski definition) is 0. The molecule has 1 saturated heterocycles. The zero-order chi connectivity index (χ0) is 22.1. The minimum Gasteiger partial charge on any atom is -0.379 e. The van der Waals surface area contributed by atoms with Crippen molar-refractivity contribution in [3.8, 4) is 0 Å². The van der Waals surface area contributed by atoms with Crippen LogP contribution >= 0.6 is 11.3 Å². The number of morpholine rings is 1. The first-order valence-electron chi connectivity index (χ1n) is 10.8. The van der Waals surface area contributed by atoms with E-state index < -0.39 is 0 Å². The van der Waals surface area contributed by atoms with Gasteiger partial charge in [0.1, 0.15) is 5.69 Å². The van der Waals surface area contributed by atoms with Crippen LogP contribution in [0.25, 0.3) is 21.3 Å². The lowest BCUT2D eigenvalue weighted by molar-refractivity contribution is 0.0391. The Kier molecular flexibility index (Phi) is 5.82. The van der Waals surface area contributed by atoms with Crippen LogP contribution in [0.3, 0.4) is 0 Å². The molecule has 0 saturated carbocycles. The molecule has 5 rings (SSSR count). The summed E-state index contributed by atoms with van der Waals surface area (Å²) in [5.41, 5.74) is 5.15. The van der Waals surface area contributed by atoms with Crippen LogP contribution in [0.4, 0.5) is 5.13 Å². The highest BCUT2D eigenvalue weighted by Gasteiger charge is 2.24. The molecule has 0 N–H and O–H groups in total. The summed E-state index contributed by atoms with van der Waals surface area (Å²) in [6.45, 7) is 8.66. The Morgan fingerprint density at radius 1 is 1.06 bits per heavy atom. The number of nitrogens with zero attached hydrogens (tertiary/aromatic N) is 5. The zero-order valence-electron chi connectivity index (χ0n) is 18.2. The maximum Gasteiger partial charge on any atom is 0.280 e. The molecule has 4 aromatic rings. The summed E-state index contributed by atoms with van der Waals surface area (Å²) in [6, 6.07) is 11.8. The van der Waals surface area contributed by atoms with Crippen LogP contribution in [0.15, 0.2) is 42.6 Å². The third kappa shape index (κ3) is 4.21. The second-order valence-electron chi connectivity index (χ2n) is 8.06. The number of benzene rings is 2. The Balaban J connectivity index is 1.49. The van der Waals surface area contributed by atoms with Crippen molar-refractivity contribution in [3.05, 3.63) is 59.4 Å². The Morgan fingerprint density at radius 3 is 2.62 bits per heavy atom. The molecule has 1 aliphatic rings. The molecule has 0 spiro atoms. The first-order chi connectivity index (χ1) is 15.6. The van der Waals surface area contributed by atoms with Gasteiger partial charge in [0.15, 0.2) is 5.13 Å². The molecule has 164 valence electrons. The van der Waals surface area contributed by atoms with Gasteiger partial charge in [0.2, 0.25) is 0 Å². The fourth-order valence-corrected chi connectivity index (χ4v) is 4.90. The van der Waals surface area contributed by atoms with Crippen LogP contribution in [-0.2, 0) is 4.74 Å². The van der Waals surface area contributed by atoms with Gasteiger partial charge >= 0.3 is 0 Å². The number of para-hydroxylation sites is 2. The minimum atomic E-state index is -0.177. The average molecular weight is 448 g/mol. The standard InChI is InChI=1S/C24H25N5O2S/c1-16-13-20-22(14-17(16)2)32-24(27-20)29(8-7-28-9-11-31-12-10-28)23(30)21-15-25-18-5-3-4-6-19(18)26-21/h3-6,13-15H,7-12H2,1-2H3. The molecule has 8 heteroatoms. The number of ether oxygens (including phenoxy) is 1. The van der Waals surface area contributed by atoms with Gasteiger partial charge in [-0.05, 0) is 49.2 Å². The van der Waals surface area contributed by atoms with Crippen molar-refractivity contribution in [2.24, 2.45) is 0 Å². The summed E-state index contributed by atoms with van der Waals surface area (Å²) >= 11 is 1.54. The number of aromatic nitrogens is 3. The summed E-state index contributed by atoms with van der Waals surface area (Å²) in [7, 11) is 0. The topological polar surface area (TPSA) is 71.5 Å². The lowest BCUT2D eigenvalue weighted by Crippen LogP contribution is -2.43. The van der Waals surface area contributed by atoms with E-state index in [0.717, 1.165) is 48.6 Å². The molecule has 2 aromatic heterocycles. The van der Waals surface area contributed by atoms with Crippen molar-refractivity contribution in [2.75, 3.05) is 44.3 Å². The van der Waals surface area contributed by atoms with Crippen molar-refractivity contribution in [3.63, 3.8) is 0 Å². The number of amides is 1. The highest BCUT2D eigenvalue weighted by molar-refractivity contribution is 7.22. The first-order valence-corrected chi connectivity index (χ1v) is 11.6. The van der Waals surface area contributed by atoms with E-state index in [4.69, 9.17) is 9.72 Å². The fraction of sp³-hybridized carbons (Fsp3) is 0.333. The van der Waals surface area contributed by atoms with Gasteiger partial charge in [-0.2, -0.15) is 0 Å². The molecule has 0 radical (unpaired) electrons. The average Bonchev–Trinajstić information content (AvgIpc) is 3.22. The number of rotatable bonds is 5. The number of carbonyl (C=O) groups is 1. The summed E-state index contributed by atoms with van der Waals surface area (Å²) in [5.74, 6) is -0.177. The summed E-state index contributed by atoms with van der Waals surface area (Å²) in [4.78, 5) is 31.5. The molecule has 7 nitrogen and oxygen atoms in total.